The molecule has 3 rings (SSSR count). The predicted molar refractivity (Wildman–Crippen MR) is 94.8 cm³/mol. The summed E-state index contributed by atoms with van der Waals surface area (Å²) in [6.07, 6.45) is 4.82. The SMILES string of the molecule is O=C(CCc1ccccc1)NCC1(c2ccc(Cl)cc2)CCC1. The van der Waals surface area contributed by atoms with Crippen molar-refractivity contribution in [2.45, 2.75) is 37.5 Å². The molecule has 0 aromatic heterocycles. The molecule has 1 saturated carbocycles. The molecule has 2 aromatic carbocycles. The molecule has 0 unspecified atom stereocenters. The summed E-state index contributed by atoms with van der Waals surface area (Å²) >= 11 is 5.98. The van der Waals surface area contributed by atoms with Gasteiger partial charge in [-0.1, -0.05) is 60.5 Å². The van der Waals surface area contributed by atoms with Crippen LogP contribution in [-0.2, 0) is 16.6 Å². The van der Waals surface area contributed by atoms with Crippen LogP contribution in [0.15, 0.2) is 54.6 Å². The standard InChI is InChI=1S/C20H22ClNO/c21-18-10-8-17(9-11-18)20(13-4-14-20)15-22-19(23)12-7-16-5-2-1-3-6-16/h1-3,5-6,8-11H,4,7,12-15H2,(H,22,23). The Bertz CT molecular complexity index is 647. The Hall–Kier alpha value is -1.80. The largest absolute Gasteiger partial charge is 0.355 e. The van der Waals surface area contributed by atoms with E-state index in [4.69, 9.17) is 11.6 Å². The van der Waals surface area contributed by atoms with Crippen molar-refractivity contribution in [1.29, 1.82) is 0 Å². The summed E-state index contributed by atoms with van der Waals surface area (Å²) in [7, 11) is 0. The predicted octanol–water partition coefficient (Wildman–Crippen LogP) is 4.51. The van der Waals surface area contributed by atoms with E-state index in [-0.39, 0.29) is 11.3 Å². The molecule has 2 nitrogen and oxygen atoms in total. The first-order valence-corrected chi connectivity index (χ1v) is 8.62. The van der Waals surface area contributed by atoms with Crippen LogP contribution in [0.3, 0.4) is 0 Å². The number of amides is 1. The number of nitrogens with one attached hydrogen (secondary N) is 1. The molecule has 0 heterocycles. The topological polar surface area (TPSA) is 29.1 Å². The zero-order valence-electron chi connectivity index (χ0n) is 13.2. The van der Waals surface area contributed by atoms with E-state index in [0.29, 0.717) is 6.42 Å². The number of halogens is 1. The van der Waals surface area contributed by atoms with E-state index in [1.807, 2.05) is 30.3 Å². The third-order valence-corrected chi connectivity index (χ3v) is 5.13. The normalized spacial score (nSPS) is 15.7. The summed E-state index contributed by atoms with van der Waals surface area (Å²) < 4.78 is 0. The van der Waals surface area contributed by atoms with Crippen molar-refractivity contribution in [2.24, 2.45) is 0 Å². The van der Waals surface area contributed by atoms with Crippen molar-refractivity contribution in [3.05, 3.63) is 70.7 Å². The fourth-order valence-corrected chi connectivity index (χ4v) is 3.36. The average molecular weight is 328 g/mol. The van der Waals surface area contributed by atoms with Gasteiger partial charge in [-0.3, -0.25) is 4.79 Å². The molecule has 23 heavy (non-hydrogen) atoms. The van der Waals surface area contributed by atoms with Crippen molar-refractivity contribution in [1.82, 2.24) is 5.32 Å². The maximum absolute atomic E-state index is 12.2. The highest BCUT2D eigenvalue weighted by Gasteiger charge is 2.38. The van der Waals surface area contributed by atoms with Gasteiger partial charge in [-0.2, -0.15) is 0 Å². The van der Waals surface area contributed by atoms with Gasteiger partial charge in [0.05, 0.1) is 0 Å². The van der Waals surface area contributed by atoms with Gasteiger partial charge in [0, 0.05) is 23.4 Å². The van der Waals surface area contributed by atoms with Crippen molar-refractivity contribution in [2.75, 3.05) is 6.54 Å². The highest BCUT2D eigenvalue weighted by atomic mass is 35.5. The third kappa shape index (κ3) is 3.94. The Morgan fingerprint density at radius 1 is 1.04 bits per heavy atom. The van der Waals surface area contributed by atoms with Gasteiger partial charge < -0.3 is 5.32 Å². The van der Waals surface area contributed by atoms with E-state index in [1.165, 1.54) is 17.5 Å². The van der Waals surface area contributed by atoms with Gasteiger partial charge in [-0.25, -0.2) is 0 Å². The zero-order valence-corrected chi connectivity index (χ0v) is 14.0. The second-order valence-electron chi connectivity index (χ2n) is 6.40. The van der Waals surface area contributed by atoms with Crippen LogP contribution in [0.2, 0.25) is 5.02 Å². The van der Waals surface area contributed by atoms with Crippen LogP contribution in [0.25, 0.3) is 0 Å². The maximum atomic E-state index is 12.2. The lowest BCUT2D eigenvalue weighted by Gasteiger charge is -2.42. The summed E-state index contributed by atoms with van der Waals surface area (Å²) in [5.41, 5.74) is 2.60. The van der Waals surface area contributed by atoms with E-state index >= 15 is 0 Å². The molecule has 0 bridgehead atoms. The van der Waals surface area contributed by atoms with Crippen LogP contribution in [0.5, 0.6) is 0 Å². The van der Waals surface area contributed by atoms with Crippen molar-refractivity contribution in [3.63, 3.8) is 0 Å². The monoisotopic (exact) mass is 327 g/mol. The number of benzene rings is 2. The van der Waals surface area contributed by atoms with Gasteiger partial charge in [0.25, 0.3) is 0 Å². The van der Waals surface area contributed by atoms with Crippen molar-refractivity contribution >= 4 is 17.5 Å². The summed E-state index contributed by atoms with van der Waals surface area (Å²) in [6, 6.07) is 18.2. The number of rotatable bonds is 6. The summed E-state index contributed by atoms with van der Waals surface area (Å²) in [4.78, 5) is 12.2. The number of hydrogen-bond acceptors (Lipinski definition) is 1. The van der Waals surface area contributed by atoms with Gasteiger partial charge in [0.15, 0.2) is 0 Å². The molecule has 1 aliphatic carbocycles. The lowest BCUT2D eigenvalue weighted by atomic mass is 9.64. The van der Waals surface area contributed by atoms with E-state index < -0.39 is 0 Å². The fourth-order valence-electron chi connectivity index (χ4n) is 3.23. The maximum Gasteiger partial charge on any atom is 0.220 e. The van der Waals surface area contributed by atoms with Crippen LogP contribution in [0.4, 0.5) is 0 Å². The zero-order chi connectivity index (χ0) is 16.1. The minimum Gasteiger partial charge on any atom is -0.355 e. The Morgan fingerprint density at radius 2 is 1.74 bits per heavy atom. The molecule has 0 aliphatic heterocycles. The molecule has 0 radical (unpaired) electrons. The molecule has 0 saturated heterocycles. The van der Waals surface area contributed by atoms with Crippen LogP contribution < -0.4 is 5.32 Å². The summed E-state index contributed by atoms with van der Waals surface area (Å²) in [5.74, 6) is 0.133. The Balaban J connectivity index is 1.53. The molecule has 1 aliphatic rings. The Labute approximate surface area is 142 Å². The van der Waals surface area contributed by atoms with Crippen molar-refractivity contribution in [3.8, 4) is 0 Å². The van der Waals surface area contributed by atoms with E-state index in [9.17, 15) is 4.79 Å². The summed E-state index contributed by atoms with van der Waals surface area (Å²) in [5, 5.41) is 3.90. The molecule has 120 valence electrons. The third-order valence-electron chi connectivity index (χ3n) is 4.87. The van der Waals surface area contributed by atoms with E-state index in [2.05, 4.69) is 29.6 Å². The summed E-state index contributed by atoms with van der Waals surface area (Å²) in [6.45, 7) is 0.724. The first-order valence-electron chi connectivity index (χ1n) is 8.25. The van der Waals surface area contributed by atoms with Gasteiger partial charge in [-0.15, -0.1) is 0 Å². The fraction of sp³-hybridized carbons (Fsp3) is 0.350. The lowest BCUT2D eigenvalue weighted by molar-refractivity contribution is -0.121. The minimum atomic E-state index is 0.104. The highest BCUT2D eigenvalue weighted by Crippen LogP contribution is 2.43. The van der Waals surface area contributed by atoms with E-state index in [1.54, 1.807) is 0 Å². The number of aryl methyl sites for hydroxylation is 1. The highest BCUT2D eigenvalue weighted by molar-refractivity contribution is 6.30. The average Bonchev–Trinajstić information content (AvgIpc) is 2.54. The molecule has 1 N–H and O–H groups in total. The number of hydrogen-bond donors (Lipinski definition) is 1. The number of carbonyl (C=O) groups is 1. The molecule has 2 aromatic rings. The lowest BCUT2D eigenvalue weighted by Crippen LogP contribution is -2.45. The van der Waals surface area contributed by atoms with Crippen LogP contribution in [-0.4, -0.2) is 12.5 Å². The molecular formula is C20H22ClNO. The molecule has 0 atom stereocenters. The molecule has 1 fully saturated rings. The quantitative estimate of drug-likeness (QED) is 0.831. The molecular weight excluding hydrogens is 306 g/mol. The second kappa shape index (κ2) is 7.18. The van der Waals surface area contributed by atoms with Gasteiger partial charge in [0.1, 0.15) is 0 Å². The van der Waals surface area contributed by atoms with Crippen LogP contribution in [0, 0.1) is 0 Å². The minimum absolute atomic E-state index is 0.104. The van der Waals surface area contributed by atoms with Gasteiger partial charge >= 0.3 is 0 Å². The smallest absolute Gasteiger partial charge is 0.220 e. The second-order valence-corrected chi connectivity index (χ2v) is 6.84. The Kier molecular flexibility index (Phi) is 5.02. The Morgan fingerprint density at radius 3 is 2.35 bits per heavy atom. The van der Waals surface area contributed by atoms with Crippen LogP contribution >= 0.6 is 11.6 Å². The molecule has 3 heteroatoms. The first-order chi connectivity index (χ1) is 11.2. The molecule has 0 spiro atoms. The number of carbonyl (C=O) groups excluding carboxylic acids is 1. The van der Waals surface area contributed by atoms with Gasteiger partial charge in [-0.05, 0) is 42.5 Å². The van der Waals surface area contributed by atoms with E-state index in [0.717, 1.165) is 30.8 Å². The van der Waals surface area contributed by atoms with Crippen molar-refractivity contribution < 1.29 is 4.79 Å². The first kappa shape index (κ1) is 16.1. The molecule has 1 amide bonds. The van der Waals surface area contributed by atoms with Crippen LogP contribution in [0.1, 0.15) is 36.8 Å². The van der Waals surface area contributed by atoms with Gasteiger partial charge in [0.2, 0.25) is 5.91 Å².